The monoisotopic (exact) mass is 442 g/mol. The van der Waals surface area contributed by atoms with E-state index in [9.17, 15) is 9.18 Å². The van der Waals surface area contributed by atoms with Crippen LogP contribution in [0.3, 0.4) is 0 Å². The number of hydrogen-bond acceptors (Lipinski definition) is 4. The predicted octanol–water partition coefficient (Wildman–Crippen LogP) is 5.37. The molecule has 0 bridgehead atoms. The molecule has 2 heterocycles. The van der Waals surface area contributed by atoms with Crippen LogP contribution in [0.2, 0.25) is 0 Å². The highest BCUT2D eigenvalue weighted by Gasteiger charge is 2.47. The van der Waals surface area contributed by atoms with Crippen LogP contribution in [0, 0.1) is 34.9 Å². The second kappa shape index (κ2) is 8.22. The molecule has 2 aromatic heterocycles. The third-order valence-corrected chi connectivity index (χ3v) is 7.77. The summed E-state index contributed by atoms with van der Waals surface area (Å²) < 4.78 is 13.9. The summed E-state index contributed by atoms with van der Waals surface area (Å²) in [5.41, 5.74) is 2.48. The summed E-state index contributed by atoms with van der Waals surface area (Å²) in [7, 11) is 0. The molecule has 4 atom stereocenters. The number of halogens is 1. The number of nitrogens with one attached hydrogen (secondary N) is 1. The molecule has 6 heteroatoms. The molecule has 5 nitrogen and oxygen atoms in total. The van der Waals surface area contributed by atoms with Gasteiger partial charge >= 0.3 is 0 Å². The number of carbonyl (C=O) groups is 1. The van der Waals surface area contributed by atoms with E-state index in [4.69, 9.17) is 5.26 Å². The van der Waals surface area contributed by atoms with Gasteiger partial charge in [-0.1, -0.05) is 0 Å². The number of rotatable bonds is 4. The Kier molecular flexibility index (Phi) is 5.36. The number of benzene rings is 1. The molecule has 33 heavy (non-hydrogen) atoms. The van der Waals surface area contributed by atoms with Crippen LogP contribution in [-0.4, -0.2) is 21.4 Å². The van der Waals surface area contributed by atoms with Gasteiger partial charge in [0.25, 0.3) is 5.91 Å². The zero-order chi connectivity index (χ0) is 23.2. The van der Waals surface area contributed by atoms with Crippen molar-refractivity contribution in [3.8, 4) is 6.07 Å². The van der Waals surface area contributed by atoms with Crippen LogP contribution in [0.25, 0.3) is 10.9 Å². The summed E-state index contributed by atoms with van der Waals surface area (Å²) in [4.78, 5) is 21.3. The standard InChI is InChI=1S/C27H27FN4O/c1-27(2,32-26(33)25-5-3-16(14-29)15-31-25)20-11-17-9-19(10-18(17)12-20)22-7-8-30-24-6-4-21(28)13-23(22)24/h3-8,13,15,17-20H,9-12H2,1-2H3,(H,32,33)/t17-,18?,19?,20?/m0/s1. The highest BCUT2D eigenvalue weighted by Crippen LogP contribution is 2.55. The molecule has 2 aliphatic rings. The van der Waals surface area contributed by atoms with Crippen LogP contribution < -0.4 is 5.32 Å². The fourth-order valence-electron chi connectivity index (χ4n) is 6.01. The summed E-state index contributed by atoms with van der Waals surface area (Å²) in [5, 5.41) is 13.0. The number of fused-ring (bicyclic) bond motifs is 2. The molecular weight excluding hydrogens is 415 g/mol. The van der Waals surface area contributed by atoms with E-state index in [1.807, 2.05) is 12.3 Å². The van der Waals surface area contributed by atoms with E-state index in [1.165, 1.54) is 17.8 Å². The minimum atomic E-state index is -0.348. The average molecular weight is 443 g/mol. The van der Waals surface area contributed by atoms with E-state index in [1.54, 1.807) is 24.3 Å². The lowest BCUT2D eigenvalue weighted by Crippen LogP contribution is -2.48. The topological polar surface area (TPSA) is 78.7 Å². The Hall–Kier alpha value is -3.33. The fourth-order valence-corrected chi connectivity index (χ4v) is 6.01. The van der Waals surface area contributed by atoms with Crippen molar-refractivity contribution >= 4 is 16.8 Å². The molecule has 1 N–H and O–H groups in total. The summed E-state index contributed by atoms with van der Waals surface area (Å²) in [6.07, 6.45) is 7.61. The van der Waals surface area contributed by atoms with Crippen molar-refractivity contribution in [1.29, 1.82) is 5.26 Å². The van der Waals surface area contributed by atoms with E-state index in [2.05, 4.69) is 35.2 Å². The average Bonchev–Trinajstić information content (AvgIpc) is 3.38. The fraction of sp³-hybridized carbons (Fsp3) is 0.407. The number of aromatic nitrogens is 2. The first-order chi connectivity index (χ1) is 15.8. The van der Waals surface area contributed by atoms with Crippen LogP contribution in [0.5, 0.6) is 0 Å². The largest absolute Gasteiger partial charge is 0.346 e. The summed E-state index contributed by atoms with van der Waals surface area (Å²) >= 11 is 0. The Morgan fingerprint density at radius 3 is 2.52 bits per heavy atom. The molecule has 0 aliphatic heterocycles. The highest BCUT2D eigenvalue weighted by atomic mass is 19.1. The second-order valence-corrected chi connectivity index (χ2v) is 10.1. The number of nitrogens with zero attached hydrogens (tertiary/aromatic N) is 3. The van der Waals surface area contributed by atoms with E-state index in [0.717, 1.165) is 36.6 Å². The molecular formula is C27H27FN4O. The van der Waals surface area contributed by atoms with Crippen LogP contribution in [0.4, 0.5) is 4.39 Å². The normalized spacial score (nSPS) is 24.4. The second-order valence-electron chi connectivity index (χ2n) is 10.1. The van der Waals surface area contributed by atoms with E-state index < -0.39 is 0 Å². The zero-order valence-corrected chi connectivity index (χ0v) is 18.9. The number of amides is 1. The van der Waals surface area contributed by atoms with Crippen molar-refractivity contribution in [3.63, 3.8) is 0 Å². The van der Waals surface area contributed by atoms with Gasteiger partial charge in [-0.05, 0) is 105 Å². The third kappa shape index (κ3) is 4.08. The molecule has 1 amide bonds. The summed E-state index contributed by atoms with van der Waals surface area (Å²) in [5.74, 6) is 1.62. The minimum absolute atomic E-state index is 0.204. The van der Waals surface area contributed by atoms with Gasteiger partial charge in [0.1, 0.15) is 17.6 Å². The Morgan fingerprint density at radius 1 is 1.09 bits per heavy atom. The molecule has 2 fully saturated rings. The van der Waals surface area contributed by atoms with Gasteiger partial charge in [-0.15, -0.1) is 0 Å². The van der Waals surface area contributed by atoms with Gasteiger partial charge in [-0.2, -0.15) is 5.26 Å². The van der Waals surface area contributed by atoms with E-state index in [0.29, 0.717) is 34.9 Å². The first kappa shape index (κ1) is 21.5. The molecule has 5 rings (SSSR count). The Morgan fingerprint density at radius 2 is 1.85 bits per heavy atom. The quantitative estimate of drug-likeness (QED) is 0.589. The number of hydrogen-bond donors (Lipinski definition) is 1. The predicted molar refractivity (Wildman–Crippen MR) is 124 cm³/mol. The molecule has 1 aromatic carbocycles. The van der Waals surface area contributed by atoms with Crippen LogP contribution in [-0.2, 0) is 0 Å². The van der Waals surface area contributed by atoms with Crippen LogP contribution in [0.15, 0.2) is 48.8 Å². The molecule has 2 saturated carbocycles. The lowest BCUT2D eigenvalue weighted by atomic mass is 9.82. The van der Waals surface area contributed by atoms with Gasteiger partial charge in [-0.25, -0.2) is 9.37 Å². The number of nitriles is 1. The molecule has 0 spiro atoms. The zero-order valence-electron chi connectivity index (χ0n) is 18.9. The lowest BCUT2D eigenvalue weighted by molar-refractivity contribution is 0.0872. The van der Waals surface area contributed by atoms with Gasteiger partial charge in [0.15, 0.2) is 0 Å². The van der Waals surface area contributed by atoms with Crippen LogP contribution >= 0.6 is 0 Å². The van der Waals surface area contributed by atoms with Crippen molar-refractivity contribution < 1.29 is 9.18 Å². The molecule has 3 unspecified atom stereocenters. The molecule has 168 valence electrons. The molecule has 0 saturated heterocycles. The smallest absolute Gasteiger partial charge is 0.270 e. The Bertz CT molecular complexity index is 1230. The van der Waals surface area contributed by atoms with Crippen molar-refractivity contribution in [3.05, 3.63) is 71.4 Å². The minimum Gasteiger partial charge on any atom is -0.346 e. The van der Waals surface area contributed by atoms with E-state index >= 15 is 0 Å². The Labute approximate surface area is 193 Å². The van der Waals surface area contributed by atoms with Gasteiger partial charge < -0.3 is 5.32 Å². The van der Waals surface area contributed by atoms with Gasteiger partial charge in [0.2, 0.25) is 0 Å². The van der Waals surface area contributed by atoms with Crippen molar-refractivity contribution in [2.75, 3.05) is 0 Å². The van der Waals surface area contributed by atoms with Gasteiger partial charge in [0, 0.05) is 23.3 Å². The maximum atomic E-state index is 13.9. The SMILES string of the molecule is CC(C)(NC(=O)c1ccc(C#N)cn1)C1CC2CC(c3ccnc4ccc(F)cc34)C[C@H]2C1. The highest BCUT2D eigenvalue weighted by molar-refractivity contribution is 5.92. The maximum absolute atomic E-state index is 13.9. The molecule has 2 aliphatic carbocycles. The van der Waals surface area contributed by atoms with Crippen molar-refractivity contribution in [1.82, 2.24) is 15.3 Å². The molecule has 3 aromatic rings. The molecule has 0 radical (unpaired) electrons. The van der Waals surface area contributed by atoms with Gasteiger partial charge in [-0.3, -0.25) is 9.78 Å². The summed E-state index contributed by atoms with van der Waals surface area (Å²) in [6, 6.07) is 12.1. The Balaban J connectivity index is 1.26. The van der Waals surface area contributed by atoms with Crippen LogP contribution in [0.1, 0.15) is 67.1 Å². The summed E-state index contributed by atoms with van der Waals surface area (Å²) in [6.45, 7) is 4.19. The number of pyridine rings is 2. The van der Waals surface area contributed by atoms with Crippen molar-refractivity contribution in [2.24, 2.45) is 17.8 Å². The van der Waals surface area contributed by atoms with E-state index in [-0.39, 0.29) is 17.3 Å². The number of carbonyl (C=O) groups excluding carboxylic acids is 1. The third-order valence-electron chi connectivity index (χ3n) is 7.77. The van der Waals surface area contributed by atoms with Gasteiger partial charge in [0.05, 0.1) is 11.1 Å². The maximum Gasteiger partial charge on any atom is 0.270 e. The first-order valence-electron chi connectivity index (χ1n) is 11.6. The lowest BCUT2D eigenvalue weighted by Gasteiger charge is -2.33. The van der Waals surface area contributed by atoms with Crippen molar-refractivity contribution in [2.45, 2.75) is 51.0 Å². The first-order valence-corrected chi connectivity index (χ1v) is 11.6.